The first kappa shape index (κ1) is 49.7. The van der Waals surface area contributed by atoms with E-state index in [-0.39, 0.29) is 12.6 Å². The molecule has 0 aromatic heterocycles. The molecular formula is C44H87NO6. The summed E-state index contributed by atoms with van der Waals surface area (Å²) in [4.78, 5) is 27.2. The predicted molar refractivity (Wildman–Crippen MR) is 215 cm³/mol. The summed E-state index contributed by atoms with van der Waals surface area (Å²) in [6.45, 7) is 15.1. The van der Waals surface area contributed by atoms with Gasteiger partial charge in [0.25, 0.3) is 0 Å². The Hall–Kier alpha value is -1.34. The van der Waals surface area contributed by atoms with Gasteiger partial charge in [-0.25, -0.2) is 4.79 Å². The second-order valence-corrected chi connectivity index (χ2v) is 16.0. The van der Waals surface area contributed by atoms with Crippen LogP contribution in [-0.4, -0.2) is 68.2 Å². The van der Waals surface area contributed by atoms with Crippen LogP contribution in [0.2, 0.25) is 0 Å². The number of carbonyl (C=O) groups is 2. The molecule has 0 heterocycles. The lowest BCUT2D eigenvalue weighted by molar-refractivity contribution is -0.154. The number of esters is 1. The Labute approximate surface area is 317 Å². The number of carbonyl (C=O) groups excluding carboxylic acids is 2. The molecule has 0 bridgehead atoms. The monoisotopic (exact) mass is 726 g/mol. The van der Waals surface area contributed by atoms with Gasteiger partial charge >= 0.3 is 12.1 Å². The van der Waals surface area contributed by atoms with Crippen molar-refractivity contribution in [1.82, 2.24) is 4.90 Å². The molecular weight excluding hydrogens is 638 g/mol. The number of hydrogen-bond donors (Lipinski definition) is 1. The van der Waals surface area contributed by atoms with Crippen molar-refractivity contribution in [2.45, 2.75) is 214 Å². The minimum Gasteiger partial charge on any atom is -0.465 e. The zero-order valence-corrected chi connectivity index (χ0v) is 34.8. The van der Waals surface area contributed by atoms with E-state index < -0.39 is 11.6 Å². The zero-order valence-electron chi connectivity index (χ0n) is 34.8. The van der Waals surface area contributed by atoms with Crippen LogP contribution >= 0.6 is 0 Å². The molecule has 7 nitrogen and oxygen atoms in total. The lowest BCUT2D eigenvalue weighted by atomic mass is 9.87. The summed E-state index contributed by atoms with van der Waals surface area (Å²) >= 11 is 0. The third kappa shape index (κ3) is 33.0. The van der Waals surface area contributed by atoms with E-state index in [0.29, 0.717) is 32.3 Å². The highest BCUT2D eigenvalue weighted by atomic mass is 16.7. The second kappa shape index (κ2) is 37.0. The standard InChI is InChI=1S/C44H87NO6/c1-6-9-12-15-16-22-29-38-49-42(47)44(4,5)33-26-19-20-27-34-45(36-37-46)35-28-21-23-30-39-50-43(48)51-40-41(31-24-17-13-10-7-2)32-25-18-14-11-8-3/h41,46H,6-40H2,1-5H3. The van der Waals surface area contributed by atoms with Crippen molar-refractivity contribution in [1.29, 1.82) is 0 Å². The van der Waals surface area contributed by atoms with Crippen LogP contribution in [0.25, 0.3) is 0 Å². The molecule has 0 aromatic rings. The summed E-state index contributed by atoms with van der Waals surface area (Å²) in [5, 5.41) is 9.56. The van der Waals surface area contributed by atoms with E-state index in [1.54, 1.807) is 0 Å². The van der Waals surface area contributed by atoms with Crippen LogP contribution in [0.5, 0.6) is 0 Å². The third-order valence-electron chi connectivity index (χ3n) is 10.4. The normalized spacial score (nSPS) is 11.8. The van der Waals surface area contributed by atoms with Gasteiger partial charge in [-0.1, -0.05) is 156 Å². The molecule has 0 atom stereocenters. The Kier molecular flexibility index (Phi) is 36.0. The van der Waals surface area contributed by atoms with Crippen LogP contribution < -0.4 is 0 Å². The number of nitrogens with zero attached hydrogens (tertiary/aromatic N) is 1. The molecule has 0 radical (unpaired) electrons. The average Bonchev–Trinajstić information content (AvgIpc) is 3.11. The third-order valence-corrected chi connectivity index (χ3v) is 10.4. The Bertz CT molecular complexity index is 746. The highest BCUT2D eigenvalue weighted by Crippen LogP contribution is 2.26. The van der Waals surface area contributed by atoms with Crippen molar-refractivity contribution in [2.24, 2.45) is 11.3 Å². The van der Waals surface area contributed by atoms with E-state index >= 15 is 0 Å². The van der Waals surface area contributed by atoms with E-state index in [0.717, 1.165) is 96.6 Å². The number of rotatable bonds is 39. The lowest BCUT2D eigenvalue weighted by Crippen LogP contribution is -2.29. The molecule has 304 valence electrons. The minimum atomic E-state index is -0.506. The molecule has 0 spiro atoms. The maximum Gasteiger partial charge on any atom is 0.508 e. The fraction of sp³-hybridized carbons (Fsp3) is 0.955. The molecule has 0 fully saturated rings. The van der Waals surface area contributed by atoms with E-state index in [4.69, 9.17) is 14.2 Å². The minimum absolute atomic E-state index is 0.0511. The lowest BCUT2D eigenvalue weighted by Gasteiger charge is -2.23. The van der Waals surface area contributed by atoms with Crippen molar-refractivity contribution >= 4 is 12.1 Å². The fourth-order valence-corrected chi connectivity index (χ4v) is 6.81. The number of unbranched alkanes of at least 4 members (excludes halogenated alkanes) is 20. The number of aliphatic hydroxyl groups is 1. The molecule has 0 unspecified atom stereocenters. The quantitative estimate of drug-likeness (QED) is 0.0499. The SMILES string of the molecule is CCCCCCCCCOC(=O)C(C)(C)CCCCCCN(CCO)CCCCCCOC(=O)OCC(CCCCCCC)CCCCCCC. The molecule has 0 amide bonds. The van der Waals surface area contributed by atoms with Gasteiger partial charge in [-0.05, 0) is 77.8 Å². The largest absolute Gasteiger partial charge is 0.508 e. The first-order chi connectivity index (χ1) is 24.8. The predicted octanol–water partition coefficient (Wildman–Crippen LogP) is 12.6. The van der Waals surface area contributed by atoms with Gasteiger partial charge in [0.15, 0.2) is 0 Å². The summed E-state index contributed by atoms with van der Waals surface area (Å²) in [7, 11) is 0. The molecule has 1 N–H and O–H groups in total. The van der Waals surface area contributed by atoms with Crippen molar-refractivity contribution in [3.05, 3.63) is 0 Å². The Morgan fingerprint density at radius 3 is 1.47 bits per heavy atom. The van der Waals surface area contributed by atoms with Crippen molar-refractivity contribution in [2.75, 3.05) is 46.1 Å². The summed E-state index contributed by atoms with van der Waals surface area (Å²) in [6, 6.07) is 0. The topological polar surface area (TPSA) is 85.3 Å². The summed E-state index contributed by atoms with van der Waals surface area (Å²) in [5.41, 5.74) is -0.418. The maximum atomic E-state index is 12.6. The Morgan fingerprint density at radius 2 is 0.961 bits per heavy atom. The first-order valence-electron chi connectivity index (χ1n) is 22.1. The van der Waals surface area contributed by atoms with E-state index in [2.05, 4.69) is 25.7 Å². The van der Waals surface area contributed by atoms with Crippen LogP contribution in [0.4, 0.5) is 4.79 Å². The van der Waals surface area contributed by atoms with Gasteiger partial charge in [-0.2, -0.15) is 0 Å². The van der Waals surface area contributed by atoms with Crippen LogP contribution in [0.3, 0.4) is 0 Å². The second-order valence-electron chi connectivity index (χ2n) is 16.0. The summed E-state index contributed by atoms with van der Waals surface area (Å²) in [6.07, 6.45) is 32.4. The fourth-order valence-electron chi connectivity index (χ4n) is 6.81. The highest BCUT2D eigenvalue weighted by molar-refractivity contribution is 5.75. The number of ether oxygens (including phenoxy) is 3. The smallest absolute Gasteiger partial charge is 0.465 e. The molecule has 0 aromatic carbocycles. The van der Waals surface area contributed by atoms with E-state index in [9.17, 15) is 14.7 Å². The molecule has 0 saturated carbocycles. The van der Waals surface area contributed by atoms with Crippen molar-refractivity contribution in [3.8, 4) is 0 Å². The van der Waals surface area contributed by atoms with Gasteiger partial charge in [0, 0.05) is 6.54 Å². The molecule has 0 aliphatic rings. The maximum absolute atomic E-state index is 12.6. The Balaban J connectivity index is 4.02. The van der Waals surface area contributed by atoms with Gasteiger partial charge in [-0.3, -0.25) is 4.79 Å². The highest BCUT2D eigenvalue weighted by Gasteiger charge is 2.28. The molecule has 0 aliphatic heterocycles. The summed E-state index contributed by atoms with van der Waals surface area (Å²) in [5.74, 6) is 0.402. The van der Waals surface area contributed by atoms with Crippen LogP contribution in [0, 0.1) is 11.3 Å². The van der Waals surface area contributed by atoms with E-state index in [1.807, 2.05) is 13.8 Å². The van der Waals surface area contributed by atoms with Gasteiger partial charge in [0.05, 0.1) is 31.8 Å². The van der Waals surface area contributed by atoms with Gasteiger partial charge in [0.1, 0.15) is 0 Å². The number of hydrogen-bond acceptors (Lipinski definition) is 7. The molecule has 51 heavy (non-hydrogen) atoms. The molecule has 0 aliphatic carbocycles. The van der Waals surface area contributed by atoms with Gasteiger partial charge in [-0.15, -0.1) is 0 Å². The molecule has 7 heteroatoms. The molecule has 0 saturated heterocycles. The van der Waals surface area contributed by atoms with Gasteiger partial charge in [0.2, 0.25) is 0 Å². The van der Waals surface area contributed by atoms with Crippen molar-refractivity contribution in [3.63, 3.8) is 0 Å². The average molecular weight is 726 g/mol. The zero-order chi connectivity index (χ0) is 37.7. The summed E-state index contributed by atoms with van der Waals surface area (Å²) < 4.78 is 16.6. The Morgan fingerprint density at radius 1 is 0.529 bits per heavy atom. The first-order valence-corrected chi connectivity index (χ1v) is 22.1. The van der Waals surface area contributed by atoms with Crippen LogP contribution in [0.1, 0.15) is 214 Å². The van der Waals surface area contributed by atoms with Crippen LogP contribution in [-0.2, 0) is 19.0 Å². The van der Waals surface area contributed by atoms with Gasteiger partial charge < -0.3 is 24.2 Å². The van der Waals surface area contributed by atoms with E-state index in [1.165, 1.54) is 96.3 Å². The van der Waals surface area contributed by atoms with Crippen LogP contribution in [0.15, 0.2) is 0 Å². The number of aliphatic hydroxyl groups excluding tert-OH is 1. The molecule has 0 rings (SSSR count). The van der Waals surface area contributed by atoms with Crippen molar-refractivity contribution < 1.29 is 28.9 Å².